The fourth-order valence-corrected chi connectivity index (χ4v) is 6.27. The first-order valence-corrected chi connectivity index (χ1v) is 12.4. The molecule has 0 unspecified atom stereocenters. The number of sulfonamides is 1. The summed E-state index contributed by atoms with van der Waals surface area (Å²) in [4.78, 5) is 24.1. The number of piperidine rings is 2. The maximum Gasteiger partial charge on any atom is 0.257 e. The van der Waals surface area contributed by atoms with Crippen LogP contribution in [0.2, 0.25) is 0 Å². The van der Waals surface area contributed by atoms with Crippen LogP contribution in [-0.2, 0) is 17.1 Å². The highest BCUT2D eigenvalue weighted by Crippen LogP contribution is 2.35. The van der Waals surface area contributed by atoms with E-state index < -0.39 is 16.1 Å². The van der Waals surface area contributed by atoms with Gasteiger partial charge in [-0.25, -0.2) is 18.4 Å². The van der Waals surface area contributed by atoms with Crippen LogP contribution in [0.25, 0.3) is 0 Å². The minimum Gasteiger partial charge on any atom is -0.339 e. The number of carbonyl (C=O) groups is 1. The zero-order valence-electron chi connectivity index (χ0n) is 18.4. The van der Waals surface area contributed by atoms with E-state index in [0.29, 0.717) is 35.7 Å². The highest BCUT2D eigenvalue weighted by molar-refractivity contribution is 7.89. The number of carbonyl (C=O) groups excluding carboxylic acids is 1. The number of amides is 1. The van der Waals surface area contributed by atoms with Gasteiger partial charge >= 0.3 is 0 Å². The summed E-state index contributed by atoms with van der Waals surface area (Å²) in [5.41, 5.74) is 1.70. The SMILES string of the molecule is Cc1nc([C@H]2CCCCN2S(=O)(=O)c2cnn(C)c2C)ncc1C(=O)N1CCCCC1. The van der Waals surface area contributed by atoms with E-state index in [2.05, 4.69) is 15.1 Å². The van der Waals surface area contributed by atoms with E-state index in [4.69, 9.17) is 0 Å². The molecule has 0 aromatic carbocycles. The molecular formula is C21H30N6O3S. The molecule has 0 bridgehead atoms. The lowest BCUT2D eigenvalue weighted by molar-refractivity contribution is 0.0722. The molecule has 2 fully saturated rings. The molecule has 1 atom stereocenters. The summed E-state index contributed by atoms with van der Waals surface area (Å²) in [7, 11) is -2.00. The minimum atomic E-state index is -3.73. The van der Waals surface area contributed by atoms with Crippen LogP contribution in [0, 0.1) is 13.8 Å². The Bertz CT molecular complexity index is 1070. The Balaban J connectivity index is 1.63. The van der Waals surface area contributed by atoms with Gasteiger partial charge in [0.1, 0.15) is 10.7 Å². The summed E-state index contributed by atoms with van der Waals surface area (Å²) in [6.07, 6.45) is 8.52. The molecule has 168 valence electrons. The Labute approximate surface area is 183 Å². The molecule has 0 saturated carbocycles. The maximum absolute atomic E-state index is 13.4. The van der Waals surface area contributed by atoms with E-state index in [9.17, 15) is 13.2 Å². The van der Waals surface area contributed by atoms with Gasteiger partial charge in [-0.1, -0.05) is 6.42 Å². The summed E-state index contributed by atoms with van der Waals surface area (Å²) in [5.74, 6) is 0.417. The minimum absolute atomic E-state index is 0.0390. The van der Waals surface area contributed by atoms with Gasteiger partial charge in [-0.2, -0.15) is 9.40 Å². The van der Waals surface area contributed by atoms with Gasteiger partial charge in [0.25, 0.3) is 5.91 Å². The van der Waals surface area contributed by atoms with Crippen molar-refractivity contribution in [1.82, 2.24) is 29.0 Å². The van der Waals surface area contributed by atoms with Crippen LogP contribution < -0.4 is 0 Å². The van der Waals surface area contributed by atoms with E-state index in [1.54, 1.807) is 31.8 Å². The van der Waals surface area contributed by atoms with Crippen molar-refractivity contribution in [3.05, 3.63) is 35.2 Å². The number of aryl methyl sites for hydroxylation is 2. The second kappa shape index (κ2) is 8.66. The molecule has 4 heterocycles. The van der Waals surface area contributed by atoms with Gasteiger partial charge in [-0.3, -0.25) is 9.48 Å². The van der Waals surface area contributed by atoms with Gasteiger partial charge < -0.3 is 4.90 Å². The van der Waals surface area contributed by atoms with Crippen molar-refractivity contribution >= 4 is 15.9 Å². The van der Waals surface area contributed by atoms with E-state index in [1.165, 1.54) is 10.5 Å². The molecule has 2 aliphatic heterocycles. The summed E-state index contributed by atoms with van der Waals surface area (Å²) in [6.45, 7) is 5.49. The molecule has 1 amide bonds. The van der Waals surface area contributed by atoms with Crippen molar-refractivity contribution in [3.8, 4) is 0 Å². The molecule has 31 heavy (non-hydrogen) atoms. The predicted octanol–water partition coefficient (Wildman–Crippen LogP) is 2.37. The zero-order chi connectivity index (χ0) is 22.2. The van der Waals surface area contributed by atoms with Crippen LogP contribution in [-0.4, -0.2) is 62.9 Å². The third-order valence-corrected chi connectivity index (χ3v) is 8.41. The van der Waals surface area contributed by atoms with E-state index in [0.717, 1.165) is 45.2 Å². The lowest BCUT2D eigenvalue weighted by atomic mass is 10.0. The maximum atomic E-state index is 13.4. The summed E-state index contributed by atoms with van der Waals surface area (Å²) in [6, 6.07) is -0.448. The topological polar surface area (TPSA) is 101 Å². The van der Waals surface area contributed by atoms with Crippen LogP contribution >= 0.6 is 0 Å². The van der Waals surface area contributed by atoms with E-state index >= 15 is 0 Å². The largest absolute Gasteiger partial charge is 0.339 e. The Hall–Kier alpha value is -2.33. The molecule has 0 N–H and O–H groups in total. The molecule has 0 spiro atoms. The van der Waals surface area contributed by atoms with Gasteiger partial charge in [0.15, 0.2) is 0 Å². The first-order valence-electron chi connectivity index (χ1n) is 10.9. The van der Waals surface area contributed by atoms with Crippen LogP contribution in [0.1, 0.15) is 72.1 Å². The molecule has 2 aromatic heterocycles. The van der Waals surface area contributed by atoms with Crippen molar-refractivity contribution in [3.63, 3.8) is 0 Å². The van der Waals surface area contributed by atoms with Gasteiger partial charge in [0, 0.05) is 32.9 Å². The van der Waals surface area contributed by atoms with Gasteiger partial charge in [0.2, 0.25) is 10.0 Å². The second-order valence-electron chi connectivity index (χ2n) is 8.43. The van der Waals surface area contributed by atoms with Gasteiger partial charge in [0.05, 0.1) is 29.2 Å². The molecule has 0 aliphatic carbocycles. The Morgan fingerprint density at radius 2 is 1.74 bits per heavy atom. The van der Waals surface area contributed by atoms with Crippen molar-refractivity contribution in [2.75, 3.05) is 19.6 Å². The highest BCUT2D eigenvalue weighted by Gasteiger charge is 2.38. The van der Waals surface area contributed by atoms with Crippen LogP contribution in [0.3, 0.4) is 0 Å². The third-order valence-electron chi connectivity index (χ3n) is 6.40. The number of hydrogen-bond donors (Lipinski definition) is 0. The fraction of sp³-hybridized carbons (Fsp3) is 0.619. The summed E-state index contributed by atoms with van der Waals surface area (Å²) >= 11 is 0. The number of likely N-dealkylation sites (tertiary alicyclic amines) is 1. The first kappa shape index (κ1) is 21.9. The van der Waals surface area contributed by atoms with E-state index in [-0.39, 0.29) is 10.8 Å². The smallest absolute Gasteiger partial charge is 0.257 e. The molecule has 10 heteroatoms. The molecule has 2 aliphatic rings. The van der Waals surface area contributed by atoms with Crippen LogP contribution in [0.15, 0.2) is 17.3 Å². The quantitative estimate of drug-likeness (QED) is 0.715. The lowest BCUT2D eigenvalue weighted by Crippen LogP contribution is -2.40. The molecule has 0 radical (unpaired) electrons. The predicted molar refractivity (Wildman–Crippen MR) is 115 cm³/mol. The number of hydrogen-bond acceptors (Lipinski definition) is 6. The second-order valence-corrected chi connectivity index (χ2v) is 10.3. The van der Waals surface area contributed by atoms with Crippen LogP contribution in [0.5, 0.6) is 0 Å². The number of rotatable bonds is 4. The fourth-order valence-electron chi connectivity index (χ4n) is 4.43. The standard InChI is InChI=1S/C21H30N6O3S/c1-15-17(21(28)26-10-6-4-7-11-26)13-22-20(24-15)18-9-5-8-12-27(18)31(29,30)19-14-23-25(3)16(19)2/h13-14,18H,4-12H2,1-3H3/t18-/m1/s1. The molecule has 2 aromatic rings. The van der Waals surface area contributed by atoms with Gasteiger partial charge in [-0.05, 0) is 46.0 Å². The molecule has 9 nitrogen and oxygen atoms in total. The molecule has 2 saturated heterocycles. The van der Waals surface area contributed by atoms with Crippen molar-refractivity contribution < 1.29 is 13.2 Å². The lowest BCUT2D eigenvalue weighted by Gasteiger charge is -2.33. The zero-order valence-corrected chi connectivity index (χ0v) is 19.2. The first-order chi connectivity index (χ1) is 14.8. The Morgan fingerprint density at radius 3 is 2.39 bits per heavy atom. The highest BCUT2D eigenvalue weighted by atomic mass is 32.2. The summed E-state index contributed by atoms with van der Waals surface area (Å²) < 4.78 is 29.9. The monoisotopic (exact) mass is 446 g/mol. The van der Waals surface area contributed by atoms with Crippen molar-refractivity contribution in [1.29, 1.82) is 0 Å². The normalized spacial score (nSPS) is 20.7. The van der Waals surface area contributed by atoms with Crippen molar-refractivity contribution in [2.45, 2.75) is 63.3 Å². The average Bonchev–Trinajstić information content (AvgIpc) is 3.13. The summed E-state index contributed by atoms with van der Waals surface area (Å²) in [5, 5.41) is 4.10. The average molecular weight is 447 g/mol. The Morgan fingerprint density at radius 1 is 1.03 bits per heavy atom. The molecule has 4 rings (SSSR count). The number of nitrogens with zero attached hydrogens (tertiary/aromatic N) is 6. The van der Waals surface area contributed by atoms with Gasteiger partial charge in [-0.15, -0.1) is 0 Å². The third kappa shape index (κ3) is 4.10. The Kier molecular flexibility index (Phi) is 6.11. The van der Waals surface area contributed by atoms with Crippen LogP contribution in [0.4, 0.5) is 0 Å². The van der Waals surface area contributed by atoms with Crippen molar-refractivity contribution in [2.24, 2.45) is 7.05 Å². The van der Waals surface area contributed by atoms with E-state index in [1.807, 2.05) is 4.90 Å². The molecular weight excluding hydrogens is 416 g/mol. The number of aromatic nitrogens is 4.